The standard InChI is InChI=1S/C20H23ClN2O4S/c21-17-5-7-18(8-6-17)27-14-11-20(24)22-15-16-3-9-19(10-4-16)28(25,26)23-12-1-2-13-23/h3-10H,1-2,11-15H2,(H,22,24). The van der Waals surface area contributed by atoms with Crippen LogP contribution in [-0.2, 0) is 21.4 Å². The minimum Gasteiger partial charge on any atom is -0.493 e. The van der Waals surface area contributed by atoms with Crippen molar-refractivity contribution in [2.75, 3.05) is 19.7 Å². The van der Waals surface area contributed by atoms with Gasteiger partial charge in [-0.25, -0.2) is 8.42 Å². The molecule has 6 nitrogen and oxygen atoms in total. The zero-order valence-electron chi connectivity index (χ0n) is 15.4. The molecule has 0 radical (unpaired) electrons. The zero-order valence-corrected chi connectivity index (χ0v) is 17.0. The van der Waals surface area contributed by atoms with E-state index in [1.54, 1.807) is 48.5 Å². The number of halogens is 1. The van der Waals surface area contributed by atoms with E-state index in [9.17, 15) is 13.2 Å². The maximum atomic E-state index is 12.5. The second kappa shape index (κ2) is 9.41. The lowest BCUT2D eigenvalue weighted by molar-refractivity contribution is -0.121. The normalized spacial score (nSPS) is 14.8. The largest absolute Gasteiger partial charge is 0.493 e. The van der Waals surface area contributed by atoms with Gasteiger partial charge in [0.1, 0.15) is 5.75 Å². The van der Waals surface area contributed by atoms with Crippen LogP contribution in [0.2, 0.25) is 5.02 Å². The SMILES string of the molecule is O=C(CCOc1ccc(Cl)cc1)NCc1ccc(S(=O)(=O)N2CCCC2)cc1. The number of amides is 1. The maximum Gasteiger partial charge on any atom is 0.243 e. The molecule has 1 heterocycles. The summed E-state index contributed by atoms with van der Waals surface area (Å²) in [5.74, 6) is 0.523. The Morgan fingerprint density at radius 1 is 1.04 bits per heavy atom. The van der Waals surface area contributed by atoms with Crippen LogP contribution in [0.5, 0.6) is 5.75 Å². The van der Waals surface area contributed by atoms with Crippen molar-refractivity contribution in [3.8, 4) is 5.75 Å². The summed E-state index contributed by atoms with van der Waals surface area (Å²) in [7, 11) is -3.41. The van der Waals surface area contributed by atoms with Crippen molar-refractivity contribution < 1.29 is 17.9 Å². The number of carbonyl (C=O) groups is 1. The van der Waals surface area contributed by atoms with Crippen LogP contribution in [0.1, 0.15) is 24.8 Å². The first kappa shape index (κ1) is 20.6. The third kappa shape index (κ3) is 5.47. The van der Waals surface area contributed by atoms with Gasteiger partial charge in [0.15, 0.2) is 0 Å². The molecule has 1 aliphatic rings. The Kier molecular flexibility index (Phi) is 6.93. The molecular formula is C20H23ClN2O4S. The van der Waals surface area contributed by atoms with Gasteiger partial charge >= 0.3 is 0 Å². The summed E-state index contributed by atoms with van der Waals surface area (Å²) in [4.78, 5) is 12.2. The summed E-state index contributed by atoms with van der Waals surface area (Å²) in [5.41, 5.74) is 0.840. The van der Waals surface area contributed by atoms with E-state index >= 15 is 0 Å². The van der Waals surface area contributed by atoms with Gasteiger partial charge in [-0.05, 0) is 54.8 Å². The van der Waals surface area contributed by atoms with E-state index < -0.39 is 10.0 Å². The van der Waals surface area contributed by atoms with Gasteiger partial charge in [-0.2, -0.15) is 4.31 Å². The second-order valence-electron chi connectivity index (χ2n) is 6.58. The lowest BCUT2D eigenvalue weighted by Crippen LogP contribution is -2.28. The fourth-order valence-corrected chi connectivity index (χ4v) is 4.58. The Labute approximate surface area is 170 Å². The molecule has 0 aliphatic carbocycles. The first-order valence-electron chi connectivity index (χ1n) is 9.19. The molecule has 1 saturated heterocycles. The minimum absolute atomic E-state index is 0.136. The van der Waals surface area contributed by atoms with Crippen LogP contribution < -0.4 is 10.1 Å². The lowest BCUT2D eigenvalue weighted by atomic mass is 10.2. The Bertz CT molecular complexity index is 893. The summed E-state index contributed by atoms with van der Waals surface area (Å²) in [5, 5.41) is 3.44. The molecule has 0 spiro atoms. The Balaban J connectivity index is 1.44. The summed E-state index contributed by atoms with van der Waals surface area (Å²) in [6, 6.07) is 13.6. The molecule has 2 aromatic rings. The van der Waals surface area contributed by atoms with Gasteiger partial charge < -0.3 is 10.1 Å². The minimum atomic E-state index is -3.41. The number of benzene rings is 2. The Hall–Kier alpha value is -2.09. The van der Waals surface area contributed by atoms with E-state index in [0.717, 1.165) is 18.4 Å². The molecule has 0 saturated carbocycles. The van der Waals surface area contributed by atoms with Gasteiger partial charge in [-0.3, -0.25) is 4.79 Å². The van der Waals surface area contributed by atoms with Crippen LogP contribution in [0.4, 0.5) is 0 Å². The molecule has 2 aromatic carbocycles. The smallest absolute Gasteiger partial charge is 0.243 e. The molecule has 1 N–H and O–H groups in total. The third-order valence-corrected chi connectivity index (χ3v) is 6.69. The molecule has 8 heteroatoms. The highest BCUT2D eigenvalue weighted by Gasteiger charge is 2.26. The van der Waals surface area contributed by atoms with Crippen molar-refractivity contribution in [3.05, 3.63) is 59.1 Å². The fourth-order valence-electron chi connectivity index (χ4n) is 2.94. The second-order valence-corrected chi connectivity index (χ2v) is 8.96. The van der Waals surface area contributed by atoms with Gasteiger partial charge in [-0.15, -0.1) is 0 Å². The molecule has 0 atom stereocenters. The Morgan fingerprint density at radius 2 is 1.68 bits per heavy atom. The third-order valence-electron chi connectivity index (χ3n) is 4.53. The van der Waals surface area contributed by atoms with Gasteiger partial charge in [0.2, 0.25) is 15.9 Å². The summed E-state index contributed by atoms with van der Waals surface area (Å²) >= 11 is 5.81. The van der Waals surface area contributed by atoms with Crippen molar-refractivity contribution in [3.63, 3.8) is 0 Å². The van der Waals surface area contributed by atoms with E-state index in [1.165, 1.54) is 4.31 Å². The number of hydrogen-bond donors (Lipinski definition) is 1. The number of hydrogen-bond acceptors (Lipinski definition) is 4. The van der Waals surface area contributed by atoms with Crippen LogP contribution in [0.25, 0.3) is 0 Å². The number of nitrogens with zero attached hydrogens (tertiary/aromatic N) is 1. The summed E-state index contributed by atoms with van der Waals surface area (Å²) in [6.45, 7) is 1.76. The first-order valence-corrected chi connectivity index (χ1v) is 11.0. The van der Waals surface area contributed by atoms with Crippen molar-refractivity contribution in [2.24, 2.45) is 0 Å². The van der Waals surface area contributed by atoms with E-state index in [4.69, 9.17) is 16.3 Å². The van der Waals surface area contributed by atoms with Crippen LogP contribution in [0.15, 0.2) is 53.4 Å². The van der Waals surface area contributed by atoms with Crippen molar-refractivity contribution in [1.82, 2.24) is 9.62 Å². The van der Waals surface area contributed by atoms with E-state index in [1.807, 2.05) is 0 Å². The monoisotopic (exact) mass is 422 g/mol. The number of carbonyl (C=O) groups excluding carboxylic acids is 1. The number of rotatable bonds is 8. The topological polar surface area (TPSA) is 75.7 Å². The number of sulfonamides is 1. The predicted octanol–water partition coefficient (Wildman–Crippen LogP) is 3.21. The molecule has 0 unspecified atom stereocenters. The fraction of sp³-hybridized carbons (Fsp3) is 0.350. The van der Waals surface area contributed by atoms with Crippen LogP contribution >= 0.6 is 11.6 Å². The lowest BCUT2D eigenvalue weighted by Gasteiger charge is -2.15. The Morgan fingerprint density at radius 3 is 2.32 bits per heavy atom. The first-order chi connectivity index (χ1) is 13.4. The maximum absolute atomic E-state index is 12.5. The van der Waals surface area contributed by atoms with E-state index in [2.05, 4.69) is 5.32 Å². The van der Waals surface area contributed by atoms with E-state index in [0.29, 0.717) is 35.3 Å². The molecule has 1 aliphatic heterocycles. The molecule has 1 amide bonds. The summed E-state index contributed by atoms with van der Waals surface area (Å²) < 4.78 is 32.0. The van der Waals surface area contributed by atoms with Crippen LogP contribution in [0, 0.1) is 0 Å². The molecule has 0 bridgehead atoms. The summed E-state index contributed by atoms with van der Waals surface area (Å²) in [6.07, 6.45) is 2.04. The van der Waals surface area contributed by atoms with Crippen molar-refractivity contribution in [1.29, 1.82) is 0 Å². The molecule has 0 aromatic heterocycles. The molecule has 3 rings (SSSR count). The highest BCUT2D eigenvalue weighted by atomic mass is 35.5. The van der Waals surface area contributed by atoms with Crippen LogP contribution in [-0.4, -0.2) is 38.3 Å². The van der Waals surface area contributed by atoms with Gasteiger partial charge in [-0.1, -0.05) is 23.7 Å². The quantitative estimate of drug-likeness (QED) is 0.708. The number of nitrogens with one attached hydrogen (secondary N) is 1. The highest BCUT2D eigenvalue weighted by molar-refractivity contribution is 7.89. The van der Waals surface area contributed by atoms with Gasteiger partial charge in [0.05, 0.1) is 17.9 Å². The average Bonchev–Trinajstić information content (AvgIpc) is 3.24. The van der Waals surface area contributed by atoms with Crippen LogP contribution in [0.3, 0.4) is 0 Å². The molecule has 1 fully saturated rings. The zero-order chi connectivity index (χ0) is 20.0. The molecular weight excluding hydrogens is 400 g/mol. The highest BCUT2D eigenvalue weighted by Crippen LogP contribution is 2.21. The van der Waals surface area contributed by atoms with E-state index in [-0.39, 0.29) is 18.9 Å². The van der Waals surface area contributed by atoms with Crippen molar-refractivity contribution >= 4 is 27.5 Å². The number of ether oxygens (including phenoxy) is 1. The molecule has 28 heavy (non-hydrogen) atoms. The average molecular weight is 423 g/mol. The van der Waals surface area contributed by atoms with Crippen molar-refractivity contribution in [2.45, 2.75) is 30.7 Å². The van der Waals surface area contributed by atoms with Gasteiger partial charge in [0.25, 0.3) is 0 Å². The molecule has 150 valence electrons. The predicted molar refractivity (Wildman–Crippen MR) is 108 cm³/mol. The van der Waals surface area contributed by atoms with Gasteiger partial charge in [0, 0.05) is 24.7 Å².